The quantitative estimate of drug-likeness (QED) is 0.796. The van der Waals surface area contributed by atoms with Crippen LogP contribution in [0, 0.1) is 13.8 Å². The van der Waals surface area contributed by atoms with Crippen LogP contribution >= 0.6 is 0 Å². The average molecular weight is 306 g/mol. The highest BCUT2D eigenvalue weighted by atomic mass is 16.3. The van der Waals surface area contributed by atoms with Crippen molar-refractivity contribution in [1.82, 2.24) is 9.55 Å². The number of rotatable bonds is 4. The van der Waals surface area contributed by atoms with Crippen molar-refractivity contribution in [1.29, 1.82) is 0 Å². The minimum atomic E-state index is -1.08. The Labute approximate surface area is 137 Å². The van der Waals surface area contributed by atoms with Gasteiger partial charge in [-0.3, -0.25) is 0 Å². The second-order valence-electron chi connectivity index (χ2n) is 6.20. The third-order valence-corrected chi connectivity index (χ3v) is 4.32. The minimum Gasteiger partial charge on any atom is -0.379 e. The number of aryl methyl sites for hydroxylation is 2. The van der Waals surface area contributed by atoms with Crippen molar-refractivity contribution >= 4 is 0 Å². The molecule has 3 rings (SSSR count). The van der Waals surface area contributed by atoms with Gasteiger partial charge in [0.25, 0.3) is 0 Å². The lowest BCUT2D eigenvalue weighted by molar-refractivity contribution is 0.0932. The standard InChI is InChI=1S/C20H22N2O/c1-15-8-7-11-18(12-15)20(3,23)19-13-21-16(2)22(19)14-17-9-5-4-6-10-17/h4-13,23H,14H2,1-3H3/t20-/m0/s1. The van der Waals surface area contributed by atoms with Gasteiger partial charge in [0, 0.05) is 6.54 Å². The summed E-state index contributed by atoms with van der Waals surface area (Å²) in [4.78, 5) is 4.43. The molecule has 3 nitrogen and oxygen atoms in total. The molecule has 1 aromatic heterocycles. The number of hydrogen-bond acceptors (Lipinski definition) is 2. The van der Waals surface area contributed by atoms with Gasteiger partial charge in [0.2, 0.25) is 0 Å². The second kappa shape index (κ2) is 6.01. The molecule has 0 aliphatic heterocycles. The number of benzene rings is 2. The number of imidazole rings is 1. The number of hydrogen-bond donors (Lipinski definition) is 1. The van der Waals surface area contributed by atoms with E-state index in [4.69, 9.17) is 0 Å². The first kappa shape index (κ1) is 15.5. The first-order valence-corrected chi connectivity index (χ1v) is 7.84. The Morgan fingerprint density at radius 3 is 2.48 bits per heavy atom. The summed E-state index contributed by atoms with van der Waals surface area (Å²) in [6.45, 7) is 6.54. The van der Waals surface area contributed by atoms with Gasteiger partial charge in [-0.05, 0) is 31.9 Å². The van der Waals surface area contributed by atoms with Crippen LogP contribution in [0.4, 0.5) is 0 Å². The number of nitrogens with zero attached hydrogens (tertiary/aromatic N) is 2. The lowest BCUT2D eigenvalue weighted by Gasteiger charge is -2.26. The van der Waals surface area contributed by atoms with Gasteiger partial charge in [-0.15, -0.1) is 0 Å². The van der Waals surface area contributed by atoms with E-state index in [1.807, 2.05) is 63.2 Å². The van der Waals surface area contributed by atoms with Gasteiger partial charge >= 0.3 is 0 Å². The molecule has 0 bridgehead atoms. The maximum absolute atomic E-state index is 11.2. The van der Waals surface area contributed by atoms with Crippen LogP contribution < -0.4 is 0 Å². The van der Waals surface area contributed by atoms with Gasteiger partial charge in [-0.2, -0.15) is 0 Å². The van der Waals surface area contributed by atoms with Crippen LogP contribution in [0.3, 0.4) is 0 Å². The fourth-order valence-electron chi connectivity index (χ4n) is 2.92. The molecule has 0 aliphatic rings. The van der Waals surface area contributed by atoms with E-state index in [0.717, 1.165) is 22.6 Å². The maximum Gasteiger partial charge on any atom is 0.128 e. The molecule has 0 unspecified atom stereocenters. The molecule has 0 saturated heterocycles. The average Bonchev–Trinajstić information content (AvgIpc) is 2.90. The summed E-state index contributed by atoms with van der Waals surface area (Å²) < 4.78 is 2.08. The van der Waals surface area contributed by atoms with Gasteiger partial charge < -0.3 is 9.67 Å². The lowest BCUT2D eigenvalue weighted by atomic mass is 9.91. The van der Waals surface area contributed by atoms with Crippen LogP contribution in [0.15, 0.2) is 60.8 Å². The summed E-state index contributed by atoms with van der Waals surface area (Å²) >= 11 is 0. The van der Waals surface area contributed by atoms with Gasteiger partial charge in [-0.25, -0.2) is 4.98 Å². The minimum absolute atomic E-state index is 0.698. The number of aliphatic hydroxyl groups is 1. The smallest absolute Gasteiger partial charge is 0.128 e. The van der Waals surface area contributed by atoms with E-state index < -0.39 is 5.60 Å². The fourth-order valence-corrected chi connectivity index (χ4v) is 2.92. The van der Waals surface area contributed by atoms with Crippen molar-refractivity contribution in [3.63, 3.8) is 0 Å². The Bertz CT molecular complexity index is 804. The van der Waals surface area contributed by atoms with Crippen LogP contribution in [0.25, 0.3) is 0 Å². The molecule has 0 amide bonds. The van der Waals surface area contributed by atoms with E-state index >= 15 is 0 Å². The largest absolute Gasteiger partial charge is 0.379 e. The second-order valence-corrected chi connectivity index (χ2v) is 6.20. The molecular weight excluding hydrogens is 284 g/mol. The van der Waals surface area contributed by atoms with E-state index in [2.05, 4.69) is 21.7 Å². The van der Waals surface area contributed by atoms with E-state index in [-0.39, 0.29) is 0 Å². The van der Waals surface area contributed by atoms with Crippen LogP contribution in [0.2, 0.25) is 0 Å². The molecule has 0 saturated carbocycles. The zero-order valence-electron chi connectivity index (χ0n) is 13.8. The van der Waals surface area contributed by atoms with Crippen molar-refractivity contribution in [3.8, 4) is 0 Å². The first-order valence-electron chi connectivity index (χ1n) is 7.84. The predicted octanol–water partition coefficient (Wildman–Crippen LogP) is 3.80. The molecular formula is C20H22N2O. The molecule has 0 fully saturated rings. The van der Waals surface area contributed by atoms with Crippen molar-refractivity contribution in [2.24, 2.45) is 0 Å². The normalized spacial score (nSPS) is 13.7. The highest BCUT2D eigenvalue weighted by molar-refractivity contribution is 5.34. The van der Waals surface area contributed by atoms with Gasteiger partial charge in [-0.1, -0.05) is 60.2 Å². The summed E-state index contributed by atoms with van der Waals surface area (Å²) in [6.07, 6.45) is 1.78. The van der Waals surface area contributed by atoms with Gasteiger partial charge in [0.05, 0.1) is 11.9 Å². The molecule has 0 radical (unpaired) electrons. The van der Waals surface area contributed by atoms with Crippen LogP contribution in [-0.2, 0) is 12.1 Å². The summed E-state index contributed by atoms with van der Waals surface area (Å²) in [5.41, 5.74) is 2.93. The molecule has 23 heavy (non-hydrogen) atoms. The molecule has 1 N–H and O–H groups in total. The van der Waals surface area contributed by atoms with Crippen molar-refractivity contribution in [2.45, 2.75) is 32.9 Å². The Morgan fingerprint density at radius 1 is 1.04 bits per heavy atom. The van der Waals surface area contributed by atoms with E-state index in [1.165, 1.54) is 5.56 Å². The predicted molar refractivity (Wildman–Crippen MR) is 92.4 cm³/mol. The summed E-state index contributed by atoms with van der Waals surface area (Å²) in [6, 6.07) is 18.2. The highest BCUT2D eigenvalue weighted by Crippen LogP contribution is 2.30. The summed E-state index contributed by atoms with van der Waals surface area (Å²) in [7, 11) is 0. The molecule has 0 aliphatic carbocycles. The maximum atomic E-state index is 11.2. The van der Waals surface area contributed by atoms with Crippen LogP contribution in [0.1, 0.15) is 35.1 Å². The van der Waals surface area contributed by atoms with Gasteiger partial charge in [0.1, 0.15) is 11.4 Å². The van der Waals surface area contributed by atoms with Crippen molar-refractivity contribution in [3.05, 3.63) is 89.0 Å². The SMILES string of the molecule is Cc1cccc([C@](C)(O)c2cnc(C)n2Cc2ccccc2)c1. The van der Waals surface area contributed by atoms with Crippen LogP contribution in [0.5, 0.6) is 0 Å². The Morgan fingerprint density at radius 2 is 1.78 bits per heavy atom. The number of aromatic nitrogens is 2. The zero-order chi connectivity index (χ0) is 16.4. The Balaban J connectivity index is 2.03. The van der Waals surface area contributed by atoms with E-state index in [1.54, 1.807) is 6.20 Å². The molecule has 118 valence electrons. The molecule has 2 aromatic carbocycles. The summed E-state index contributed by atoms with van der Waals surface area (Å²) in [5.74, 6) is 0.900. The third kappa shape index (κ3) is 3.06. The van der Waals surface area contributed by atoms with E-state index in [9.17, 15) is 5.11 Å². The molecule has 0 spiro atoms. The van der Waals surface area contributed by atoms with Crippen molar-refractivity contribution in [2.75, 3.05) is 0 Å². The highest BCUT2D eigenvalue weighted by Gasteiger charge is 2.30. The fraction of sp³-hybridized carbons (Fsp3) is 0.250. The lowest BCUT2D eigenvalue weighted by Crippen LogP contribution is -2.27. The van der Waals surface area contributed by atoms with Gasteiger partial charge in [0.15, 0.2) is 0 Å². The summed E-state index contributed by atoms with van der Waals surface area (Å²) in [5, 5.41) is 11.2. The Hall–Kier alpha value is -2.39. The molecule has 3 aromatic rings. The Kier molecular flexibility index (Phi) is 4.05. The monoisotopic (exact) mass is 306 g/mol. The molecule has 3 heteroatoms. The topological polar surface area (TPSA) is 38.1 Å². The zero-order valence-corrected chi connectivity index (χ0v) is 13.8. The first-order chi connectivity index (χ1) is 11.0. The van der Waals surface area contributed by atoms with Crippen molar-refractivity contribution < 1.29 is 5.11 Å². The molecule has 1 heterocycles. The molecule has 1 atom stereocenters. The van der Waals surface area contributed by atoms with E-state index in [0.29, 0.717) is 6.54 Å². The van der Waals surface area contributed by atoms with Crippen LogP contribution in [-0.4, -0.2) is 14.7 Å². The third-order valence-electron chi connectivity index (χ3n) is 4.32.